The minimum absolute atomic E-state index is 0.0180. The number of rotatable bonds is 3. The molecule has 1 N–H and O–H groups in total. The maximum absolute atomic E-state index is 11.0. The lowest BCUT2D eigenvalue weighted by molar-refractivity contribution is -0.114. The number of hydrogen-bond donors (Lipinski definition) is 1. The Balaban J connectivity index is 2.10. The number of aromatic nitrogens is 2. The van der Waals surface area contributed by atoms with Crippen molar-refractivity contribution in [1.82, 2.24) is 9.78 Å². The van der Waals surface area contributed by atoms with Crippen LogP contribution >= 0.6 is 11.6 Å². The van der Waals surface area contributed by atoms with Crippen LogP contribution in [0.3, 0.4) is 0 Å². The first-order chi connectivity index (χ1) is 6.31. The third-order valence-corrected chi connectivity index (χ3v) is 2.19. The SMILES string of the molecule is O=C(CCl)Nc1ccnn1C1CC1. The van der Waals surface area contributed by atoms with Crippen molar-refractivity contribution in [2.45, 2.75) is 18.9 Å². The van der Waals surface area contributed by atoms with Crippen LogP contribution in [0.1, 0.15) is 18.9 Å². The average Bonchev–Trinajstić information content (AvgIpc) is 2.88. The maximum Gasteiger partial charge on any atom is 0.240 e. The lowest BCUT2D eigenvalue weighted by Crippen LogP contribution is -2.15. The monoisotopic (exact) mass is 199 g/mol. The van der Waals surface area contributed by atoms with Crippen LogP contribution in [-0.2, 0) is 4.79 Å². The molecule has 13 heavy (non-hydrogen) atoms. The predicted octanol–water partition coefficient (Wildman–Crippen LogP) is 1.40. The number of nitrogens with one attached hydrogen (secondary N) is 1. The zero-order chi connectivity index (χ0) is 9.26. The quantitative estimate of drug-likeness (QED) is 0.748. The molecule has 1 heterocycles. The fraction of sp³-hybridized carbons (Fsp3) is 0.500. The van der Waals surface area contributed by atoms with E-state index in [1.165, 1.54) is 0 Å². The van der Waals surface area contributed by atoms with E-state index in [-0.39, 0.29) is 11.8 Å². The van der Waals surface area contributed by atoms with Gasteiger partial charge in [-0.1, -0.05) is 0 Å². The Labute approximate surface area is 80.9 Å². The van der Waals surface area contributed by atoms with Gasteiger partial charge in [0.05, 0.1) is 12.2 Å². The van der Waals surface area contributed by atoms with Gasteiger partial charge in [0.25, 0.3) is 0 Å². The first kappa shape index (κ1) is 8.56. The standard InChI is InChI=1S/C8H10ClN3O/c9-5-8(13)11-7-3-4-10-12(7)6-1-2-6/h3-4,6H,1-2,5H2,(H,11,13). The van der Waals surface area contributed by atoms with Gasteiger partial charge in [-0.3, -0.25) is 4.79 Å². The number of carbonyl (C=O) groups is 1. The molecule has 4 nitrogen and oxygen atoms in total. The zero-order valence-corrected chi connectivity index (χ0v) is 7.79. The number of nitrogens with zero attached hydrogens (tertiary/aromatic N) is 2. The Hall–Kier alpha value is -1.03. The summed E-state index contributed by atoms with van der Waals surface area (Å²) in [6, 6.07) is 2.25. The number of carbonyl (C=O) groups excluding carboxylic acids is 1. The first-order valence-corrected chi connectivity index (χ1v) is 4.74. The van der Waals surface area contributed by atoms with Gasteiger partial charge in [-0.05, 0) is 12.8 Å². The molecule has 0 aromatic carbocycles. The van der Waals surface area contributed by atoms with Crippen LogP contribution in [0.25, 0.3) is 0 Å². The summed E-state index contributed by atoms with van der Waals surface area (Å²) in [4.78, 5) is 11.0. The molecule has 0 atom stereocenters. The lowest BCUT2D eigenvalue weighted by Gasteiger charge is -2.05. The first-order valence-electron chi connectivity index (χ1n) is 4.20. The summed E-state index contributed by atoms with van der Waals surface area (Å²) in [5.41, 5.74) is 0. The third-order valence-electron chi connectivity index (χ3n) is 1.95. The normalized spacial score (nSPS) is 15.8. The highest BCUT2D eigenvalue weighted by molar-refractivity contribution is 6.29. The van der Waals surface area contributed by atoms with Gasteiger partial charge in [-0.2, -0.15) is 5.10 Å². The Morgan fingerprint density at radius 2 is 2.54 bits per heavy atom. The molecule has 0 spiro atoms. The summed E-state index contributed by atoms with van der Waals surface area (Å²) in [7, 11) is 0. The molecule has 1 saturated carbocycles. The smallest absolute Gasteiger partial charge is 0.240 e. The zero-order valence-electron chi connectivity index (χ0n) is 7.03. The van der Waals surface area contributed by atoms with Crippen molar-refractivity contribution in [2.75, 3.05) is 11.2 Å². The Morgan fingerprint density at radius 1 is 1.77 bits per heavy atom. The van der Waals surface area contributed by atoms with Gasteiger partial charge in [0.2, 0.25) is 5.91 Å². The third kappa shape index (κ3) is 1.83. The van der Waals surface area contributed by atoms with Crippen LogP contribution in [-0.4, -0.2) is 21.6 Å². The molecular formula is C8H10ClN3O. The Morgan fingerprint density at radius 3 is 3.15 bits per heavy atom. The summed E-state index contributed by atoms with van der Waals surface area (Å²) in [6.07, 6.45) is 3.97. The number of amides is 1. The van der Waals surface area contributed by atoms with E-state index in [1.807, 2.05) is 4.68 Å². The predicted molar refractivity (Wildman–Crippen MR) is 49.8 cm³/mol. The van der Waals surface area contributed by atoms with Gasteiger partial charge in [0, 0.05) is 6.07 Å². The molecule has 0 radical (unpaired) electrons. The van der Waals surface area contributed by atoms with E-state index in [0.29, 0.717) is 6.04 Å². The van der Waals surface area contributed by atoms with Crippen molar-refractivity contribution in [3.8, 4) is 0 Å². The highest BCUT2D eigenvalue weighted by Crippen LogP contribution is 2.36. The van der Waals surface area contributed by atoms with Gasteiger partial charge < -0.3 is 5.32 Å². The van der Waals surface area contributed by atoms with Gasteiger partial charge >= 0.3 is 0 Å². The van der Waals surface area contributed by atoms with Crippen molar-refractivity contribution in [3.63, 3.8) is 0 Å². The molecular weight excluding hydrogens is 190 g/mol. The molecule has 0 unspecified atom stereocenters. The second kappa shape index (κ2) is 3.38. The summed E-state index contributed by atoms with van der Waals surface area (Å²) >= 11 is 5.37. The van der Waals surface area contributed by atoms with Crippen LogP contribution in [0.2, 0.25) is 0 Å². The van der Waals surface area contributed by atoms with Gasteiger partial charge in [0.15, 0.2) is 0 Å². The molecule has 0 aliphatic heterocycles. The van der Waals surface area contributed by atoms with E-state index in [0.717, 1.165) is 18.7 Å². The fourth-order valence-corrected chi connectivity index (χ4v) is 1.27. The highest BCUT2D eigenvalue weighted by Gasteiger charge is 2.26. The molecule has 0 bridgehead atoms. The molecule has 1 aromatic heterocycles. The molecule has 5 heteroatoms. The van der Waals surface area contributed by atoms with Crippen LogP contribution < -0.4 is 5.32 Å². The van der Waals surface area contributed by atoms with Crippen molar-refractivity contribution in [1.29, 1.82) is 0 Å². The van der Waals surface area contributed by atoms with Crippen molar-refractivity contribution in [2.24, 2.45) is 0 Å². The van der Waals surface area contributed by atoms with Gasteiger partial charge in [0.1, 0.15) is 11.7 Å². The summed E-state index contributed by atoms with van der Waals surface area (Å²) in [5, 5.41) is 6.82. The molecule has 2 rings (SSSR count). The molecule has 1 amide bonds. The molecule has 0 saturated heterocycles. The molecule has 1 aromatic rings. The number of anilines is 1. The van der Waals surface area contributed by atoms with E-state index in [2.05, 4.69) is 10.4 Å². The second-order valence-corrected chi connectivity index (χ2v) is 3.34. The van der Waals surface area contributed by atoms with E-state index < -0.39 is 0 Å². The minimum Gasteiger partial charge on any atom is -0.310 e. The van der Waals surface area contributed by atoms with E-state index in [1.54, 1.807) is 12.3 Å². The van der Waals surface area contributed by atoms with Crippen molar-refractivity contribution in [3.05, 3.63) is 12.3 Å². The number of hydrogen-bond acceptors (Lipinski definition) is 2. The van der Waals surface area contributed by atoms with E-state index in [4.69, 9.17) is 11.6 Å². The summed E-state index contributed by atoms with van der Waals surface area (Å²) in [5.74, 6) is 0.535. The Bertz CT molecular complexity index is 319. The Kier molecular flexibility index (Phi) is 2.22. The van der Waals surface area contributed by atoms with Gasteiger partial charge in [-0.25, -0.2) is 4.68 Å². The van der Waals surface area contributed by atoms with Crippen LogP contribution in [0, 0.1) is 0 Å². The van der Waals surface area contributed by atoms with Crippen molar-refractivity contribution >= 4 is 23.3 Å². The average molecular weight is 200 g/mol. The molecule has 70 valence electrons. The van der Waals surface area contributed by atoms with Crippen LogP contribution in [0.4, 0.5) is 5.82 Å². The van der Waals surface area contributed by atoms with Crippen LogP contribution in [0.15, 0.2) is 12.3 Å². The summed E-state index contributed by atoms with van der Waals surface area (Å²) < 4.78 is 1.84. The topological polar surface area (TPSA) is 46.9 Å². The van der Waals surface area contributed by atoms with Crippen molar-refractivity contribution < 1.29 is 4.79 Å². The summed E-state index contributed by atoms with van der Waals surface area (Å²) in [6.45, 7) is 0. The van der Waals surface area contributed by atoms with Gasteiger partial charge in [-0.15, -0.1) is 11.6 Å². The van der Waals surface area contributed by atoms with Crippen LogP contribution in [0.5, 0.6) is 0 Å². The molecule has 1 fully saturated rings. The maximum atomic E-state index is 11.0. The fourth-order valence-electron chi connectivity index (χ4n) is 1.20. The number of alkyl halides is 1. The van der Waals surface area contributed by atoms with E-state index in [9.17, 15) is 4.79 Å². The lowest BCUT2D eigenvalue weighted by atomic mass is 10.5. The van der Waals surface area contributed by atoms with E-state index >= 15 is 0 Å². The largest absolute Gasteiger partial charge is 0.310 e. The molecule has 1 aliphatic carbocycles. The number of halogens is 1. The highest BCUT2D eigenvalue weighted by atomic mass is 35.5. The minimum atomic E-state index is -0.191. The second-order valence-electron chi connectivity index (χ2n) is 3.07. The molecule has 1 aliphatic rings.